The second-order valence-corrected chi connectivity index (χ2v) is 8.49. The maximum Gasteiger partial charge on any atom is 0.272 e. The number of thioether (sulfide) groups is 1. The topological polar surface area (TPSA) is 73.2 Å². The molecule has 3 heterocycles. The molecule has 28 heavy (non-hydrogen) atoms. The number of benzene rings is 1. The van der Waals surface area contributed by atoms with Crippen LogP contribution >= 0.6 is 23.1 Å². The lowest BCUT2D eigenvalue weighted by Gasteiger charge is -2.13. The van der Waals surface area contributed by atoms with Crippen LogP contribution < -0.4 is 10.9 Å². The van der Waals surface area contributed by atoms with Gasteiger partial charge in [-0.15, -0.1) is 11.3 Å². The van der Waals surface area contributed by atoms with Crippen molar-refractivity contribution in [3.8, 4) is 0 Å². The zero-order valence-electron chi connectivity index (χ0n) is 15.3. The van der Waals surface area contributed by atoms with Crippen LogP contribution in [0, 0.1) is 0 Å². The molecule has 8 heteroatoms. The second kappa shape index (κ2) is 8.89. The first-order chi connectivity index (χ1) is 13.7. The molecule has 1 N–H and O–H groups in total. The van der Waals surface area contributed by atoms with Crippen molar-refractivity contribution < 1.29 is 9.53 Å². The maximum absolute atomic E-state index is 13.0. The third kappa shape index (κ3) is 4.45. The third-order valence-electron chi connectivity index (χ3n) is 4.60. The third-order valence-corrected chi connectivity index (χ3v) is 6.47. The molecule has 1 atom stereocenters. The predicted octanol–water partition coefficient (Wildman–Crippen LogP) is 2.89. The summed E-state index contributed by atoms with van der Waals surface area (Å²) < 4.78 is 7.83. The zero-order chi connectivity index (χ0) is 19.3. The molecule has 4 rings (SSSR count). The number of hydrogen-bond acceptors (Lipinski definition) is 6. The van der Waals surface area contributed by atoms with E-state index in [9.17, 15) is 9.59 Å². The van der Waals surface area contributed by atoms with E-state index in [4.69, 9.17) is 4.74 Å². The van der Waals surface area contributed by atoms with Crippen molar-refractivity contribution in [3.63, 3.8) is 0 Å². The van der Waals surface area contributed by atoms with Gasteiger partial charge in [0.2, 0.25) is 5.91 Å². The Kier molecular flexibility index (Phi) is 6.09. The molecule has 0 radical (unpaired) electrons. The van der Waals surface area contributed by atoms with Gasteiger partial charge >= 0.3 is 0 Å². The highest BCUT2D eigenvalue weighted by atomic mass is 32.2. The van der Waals surface area contributed by atoms with Crippen molar-refractivity contribution in [2.24, 2.45) is 0 Å². The number of nitrogens with zero attached hydrogens (tertiary/aromatic N) is 2. The minimum atomic E-state index is -0.0774. The molecule has 1 aliphatic heterocycles. The van der Waals surface area contributed by atoms with Gasteiger partial charge in [0, 0.05) is 13.2 Å². The van der Waals surface area contributed by atoms with E-state index in [1.165, 1.54) is 23.1 Å². The van der Waals surface area contributed by atoms with Gasteiger partial charge in [-0.1, -0.05) is 42.1 Å². The van der Waals surface area contributed by atoms with Gasteiger partial charge in [0.1, 0.15) is 4.70 Å². The Bertz CT molecular complexity index is 1010. The molecule has 0 saturated carbocycles. The molecule has 1 fully saturated rings. The number of hydrogen-bond donors (Lipinski definition) is 1. The molecule has 1 aromatic carbocycles. The summed E-state index contributed by atoms with van der Waals surface area (Å²) in [5.41, 5.74) is 1.64. The van der Waals surface area contributed by atoms with Gasteiger partial charge in [-0.25, -0.2) is 4.98 Å². The van der Waals surface area contributed by atoms with E-state index in [1.807, 2.05) is 41.8 Å². The number of carbonyl (C=O) groups is 1. The summed E-state index contributed by atoms with van der Waals surface area (Å²) in [6.45, 7) is 1.74. The van der Waals surface area contributed by atoms with Crippen LogP contribution in [-0.4, -0.2) is 40.5 Å². The van der Waals surface area contributed by atoms with Gasteiger partial charge in [-0.3, -0.25) is 14.2 Å². The Hall–Kier alpha value is -2.16. The molecule has 0 bridgehead atoms. The lowest BCUT2D eigenvalue weighted by Crippen LogP contribution is -2.33. The SMILES string of the molecule is O=C(CSc1nc2ccsc2c(=O)n1Cc1ccccc1)NC[C@@H]1CCCO1. The lowest BCUT2D eigenvalue weighted by atomic mass is 10.2. The van der Waals surface area contributed by atoms with Crippen LogP contribution in [0.3, 0.4) is 0 Å². The van der Waals surface area contributed by atoms with Crippen LogP contribution in [0.2, 0.25) is 0 Å². The van der Waals surface area contributed by atoms with Crippen LogP contribution in [0.4, 0.5) is 0 Å². The minimum absolute atomic E-state index is 0.0638. The molecule has 1 saturated heterocycles. The van der Waals surface area contributed by atoms with Crippen LogP contribution in [-0.2, 0) is 16.1 Å². The average molecular weight is 416 g/mol. The number of rotatable bonds is 7. The van der Waals surface area contributed by atoms with Gasteiger partial charge in [0.15, 0.2) is 5.16 Å². The number of aromatic nitrogens is 2. The molecular weight excluding hydrogens is 394 g/mol. The van der Waals surface area contributed by atoms with E-state index < -0.39 is 0 Å². The molecule has 146 valence electrons. The summed E-state index contributed by atoms with van der Waals surface area (Å²) in [6, 6.07) is 11.6. The van der Waals surface area contributed by atoms with E-state index >= 15 is 0 Å². The van der Waals surface area contributed by atoms with Crippen molar-refractivity contribution in [1.29, 1.82) is 0 Å². The second-order valence-electron chi connectivity index (χ2n) is 6.63. The molecule has 2 aromatic heterocycles. The summed E-state index contributed by atoms with van der Waals surface area (Å²) >= 11 is 2.69. The van der Waals surface area contributed by atoms with Crippen LogP contribution in [0.15, 0.2) is 51.7 Å². The number of thiophene rings is 1. The van der Waals surface area contributed by atoms with Crippen LogP contribution in [0.5, 0.6) is 0 Å². The van der Waals surface area contributed by atoms with Crippen LogP contribution in [0.25, 0.3) is 10.2 Å². The Morgan fingerprint density at radius 1 is 1.32 bits per heavy atom. The molecule has 0 spiro atoms. The van der Waals surface area contributed by atoms with Crippen molar-refractivity contribution in [3.05, 3.63) is 57.7 Å². The van der Waals surface area contributed by atoms with Gasteiger partial charge < -0.3 is 10.1 Å². The smallest absolute Gasteiger partial charge is 0.272 e. The van der Waals surface area contributed by atoms with Gasteiger partial charge in [0.25, 0.3) is 5.56 Å². The molecule has 0 unspecified atom stereocenters. The van der Waals surface area contributed by atoms with Crippen molar-refractivity contribution in [1.82, 2.24) is 14.9 Å². The van der Waals surface area contributed by atoms with Gasteiger partial charge in [0.05, 0.1) is 23.9 Å². The maximum atomic E-state index is 13.0. The Morgan fingerprint density at radius 3 is 2.96 bits per heavy atom. The van der Waals surface area contributed by atoms with Gasteiger partial charge in [-0.05, 0) is 29.9 Å². The number of amides is 1. The van der Waals surface area contributed by atoms with E-state index in [2.05, 4.69) is 10.3 Å². The molecule has 1 aliphatic rings. The van der Waals surface area contributed by atoms with Gasteiger partial charge in [-0.2, -0.15) is 0 Å². The first-order valence-corrected chi connectivity index (χ1v) is 11.1. The number of nitrogens with one attached hydrogen (secondary N) is 1. The molecular formula is C20H21N3O3S2. The molecule has 0 aliphatic carbocycles. The predicted molar refractivity (Wildman–Crippen MR) is 112 cm³/mol. The number of carbonyl (C=O) groups excluding carboxylic acids is 1. The van der Waals surface area contributed by atoms with Crippen molar-refractivity contribution in [2.45, 2.75) is 30.6 Å². The monoisotopic (exact) mass is 415 g/mol. The largest absolute Gasteiger partial charge is 0.376 e. The summed E-state index contributed by atoms with van der Waals surface area (Å²) in [4.78, 5) is 29.8. The molecule has 1 amide bonds. The zero-order valence-corrected chi connectivity index (χ0v) is 16.9. The Morgan fingerprint density at radius 2 is 2.18 bits per heavy atom. The van der Waals surface area contributed by atoms with E-state index in [0.717, 1.165) is 25.0 Å². The lowest BCUT2D eigenvalue weighted by molar-refractivity contribution is -0.119. The van der Waals surface area contributed by atoms with E-state index in [1.54, 1.807) is 4.57 Å². The fraction of sp³-hybridized carbons (Fsp3) is 0.350. The highest BCUT2D eigenvalue weighted by Gasteiger charge is 2.17. The number of ether oxygens (including phenoxy) is 1. The Balaban J connectivity index is 1.50. The fourth-order valence-electron chi connectivity index (χ4n) is 3.15. The van der Waals surface area contributed by atoms with E-state index in [-0.39, 0.29) is 23.3 Å². The van der Waals surface area contributed by atoms with Crippen LogP contribution in [0.1, 0.15) is 18.4 Å². The molecule has 6 nitrogen and oxygen atoms in total. The summed E-state index contributed by atoms with van der Waals surface area (Å²) in [5, 5.41) is 5.34. The Labute approximate surface area is 170 Å². The van der Waals surface area contributed by atoms with E-state index in [0.29, 0.717) is 28.5 Å². The highest BCUT2D eigenvalue weighted by Crippen LogP contribution is 2.21. The summed E-state index contributed by atoms with van der Waals surface area (Å²) in [5.74, 6) is 0.135. The first kappa shape index (κ1) is 19.2. The standard InChI is InChI=1S/C20H21N3O3S2/c24-17(21-11-15-7-4-9-26-15)13-28-20-22-16-8-10-27-18(16)19(25)23(20)12-14-5-2-1-3-6-14/h1-3,5-6,8,10,15H,4,7,9,11-13H2,(H,21,24)/t15-/m0/s1. The fourth-order valence-corrected chi connectivity index (χ4v) is 4.76. The quantitative estimate of drug-likeness (QED) is 0.474. The number of fused-ring (bicyclic) bond motifs is 1. The highest BCUT2D eigenvalue weighted by molar-refractivity contribution is 7.99. The van der Waals surface area contributed by atoms with Crippen molar-refractivity contribution >= 4 is 39.2 Å². The van der Waals surface area contributed by atoms with Crippen molar-refractivity contribution in [2.75, 3.05) is 18.9 Å². The summed E-state index contributed by atoms with van der Waals surface area (Å²) in [7, 11) is 0. The average Bonchev–Trinajstić information content (AvgIpc) is 3.40. The summed E-state index contributed by atoms with van der Waals surface area (Å²) in [6.07, 6.45) is 2.15. The normalized spacial score (nSPS) is 16.5. The molecule has 3 aromatic rings. The first-order valence-electron chi connectivity index (χ1n) is 9.24. The minimum Gasteiger partial charge on any atom is -0.376 e.